The van der Waals surface area contributed by atoms with Crippen LogP contribution in [0.15, 0.2) is 41.2 Å². The summed E-state index contributed by atoms with van der Waals surface area (Å²) >= 11 is 0. The molecule has 0 bridgehead atoms. The normalized spacial score (nSPS) is 10.4. The number of hydrogen-bond donors (Lipinski definition) is 2. The minimum absolute atomic E-state index is 0.0543. The highest BCUT2D eigenvalue weighted by atomic mass is 19.1. The van der Waals surface area contributed by atoms with Gasteiger partial charge in [-0.1, -0.05) is 12.1 Å². The van der Waals surface area contributed by atoms with Crippen LogP contribution in [0.4, 0.5) is 4.39 Å². The van der Waals surface area contributed by atoms with E-state index in [1.807, 2.05) is 0 Å². The SMILES string of the molecule is O=C(O)CCCNC(=O)Cn1nc(-c2ccccc2F)ccc1=O. The second-order valence-electron chi connectivity index (χ2n) is 5.04. The molecule has 0 saturated heterocycles. The number of carbonyl (C=O) groups excluding carboxylic acids is 1. The summed E-state index contributed by atoms with van der Waals surface area (Å²) in [7, 11) is 0. The first kappa shape index (κ1) is 17.3. The van der Waals surface area contributed by atoms with Crippen LogP contribution in [0.2, 0.25) is 0 Å². The molecule has 7 nitrogen and oxygen atoms in total. The van der Waals surface area contributed by atoms with Crippen LogP contribution in [-0.4, -0.2) is 33.3 Å². The monoisotopic (exact) mass is 333 g/mol. The smallest absolute Gasteiger partial charge is 0.303 e. The first-order chi connectivity index (χ1) is 11.5. The van der Waals surface area contributed by atoms with Crippen LogP contribution in [-0.2, 0) is 16.1 Å². The average Bonchev–Trinajstić information content (AvgIpc) is 2.54. The lowest BCUT2D eigenvalue weighted by Gasteiger charge is -2.08. The molecule has 1 aromatic heterocycles. The van der Waals surface area contributed by atoms with Gasteiger partial charge in [0.05, 0.1) is 5.69 Å². The van der Waals surface area contributed by atoms with Crippen LogP contribution in [0.3, 0.4) is 0 Å². The summed E-state index contributed by atoms with van der Waals surface area (Å²) in [6, 6.07) is 8.60. The predicted octanol–water partition coefficient (Wildman–Crippen LogP) is 1.03. The van der Waals surface area contributed by atoms with Crippen molar-refractivity contribution in [3.05, 3.63) is 52.6 Å². The number of amides is 1. The summed E-state index contributed by atoms with van der Waals surface area (Å²) in [4.78, 5) is 34.0. The van der Waals surface area contributed by atoms with Gasteiger partial charge in [0.1, 0.15) is 12.4 Å². The summed E-state index contributed by atoms with van der Waals surface area (Å²) < 4.78 is 14.7. The Balaban J connectivity index is 2.07. The van der Waals surface area contributed by atoms with Crippen LogP contribution in [0, 0.1) is 5.82 Å². The van der Waals surface area contributed by atoms with E-state index in [0.29, 0.717) is 6.42 Å². The highest BCUT2D eigenvalue weighted by molar-refractivity contribution is 5.75. The van der Waals surface area contributed by atoms with Crippen molar-refractivity contribution >= 4 is 11.9 Å². The average molecular weight is 333 g/mol. The number of nitrogens with one attached hydrogen (secondary N) is 1. The van der Waals surface area contributed by atoms with Gasteiger partial charge in [0.25, 0.3) is 5.56 Å². The number of rotatable bonds is 7. The Morgan fingerprint density at radius 1 is 1.21 bits per heavy atom. The molecule has 0 saturated carbocycles. The maximum absolute atomic E-state index is 13.8. The van der Waals surface area contributed by atoms with Crippen molar-refractivity contribution in [2.24, 2.45) is 0 Å². The van der Waals surface area contributed by atoms with Gasteiger partial charge >= 0.3 is 5.97 Å². The maximum atomic E-state index is 13.8. The third kappa shape index (κ3) is 4.73. The molecule has 1 aromatic carbocycles. The van der Waals surface area contributed by atoms with E-state index in [1.54, 1.807) is 12.1 Å². The van der Waals surface area contributed by atoms with Crippen molar-refractivity contribution in [3.63, 3.8) is 0 Å². The standard InChI is InChI=1S/C16H16FN3O4/c17-12-5-2-1-4-11(12)13-7-8-15(22)20(19-13)10-14(21)18-9-3-6-16(23)24/h1-2,4-5,7-8H,3,6,9-10H2,(H,18,21)(H,23,24). The lowest BCUT2D eigenvalue weighted by molar-refractivity contribution is -0.137. The van der Waals surface area contributed by atoms with Crippen LogP contribution in [0.25, 0.3) is 11.3 Å². The summed E-state index contributed by atoms with van der Waals surface area (Å²) in [6.45, 7) is -0.138. The third-order valence-electron chi connectivity index (χ3n) is 3.20. The summed E-state index contributed by atoms with van der Waals surface area (Å²) in [5, 5.41) is 15.0. The Morgan fingerprint density at radius 3 is 2.67 bits per heavy atom. The fourth-order valence-electron chi connectivity index (χ4n) is 2.03. The van der Waals surface area contributed by atoms with E-state index in [0.717, 1.165) is 4.68 Å². The quantitative estimate of drug-likeness (QED) is 0.737. The first-order valence-corrected chi connectivity index (χ1v) is 7.29. The van der Waals surface area contributed by atoms with Crippen LogP contribution < -0.4 is 10.9 Å². The minimum Gasteiger partial charge on any atom is -0.481 e. The van der Waals surface area contributed by atoms with E-state index >= 15 is 0 Å². The zero-order chi connectivity index (χ0) is 17.5. The Kier molecular flexibility index (Phi) is 5.78. The molecule has 2 rings (SSSR count). The molecule has 0 aliphatic heterocycles. The Bertz CT molecular complexity index is 804. The van der Waals surface area contributed by atoms with E-state index in [9.17, 15) is 18.8 Å². The number of carboxylic acids is 1. The Labute approximate surface area is 136 Å². The van der Waals surface area contributed by atoms with Crippen molar-refractivity contribution < 1.29 is 19.1 Å². The van der Waals surface area contributed by atoms with E-state index < -0.39 is 23.3 Å². The fraction of sp³-hybridized carbons (Fsp3) is 0.250. The molecule has 0 aliphatic rings. The van der Waals surface area contributed by atoms with Crippen molar-refractivity contribution in [1.29, 1.82) is 0 Å². The molecule has 0 fully saturated rings. The lowest BCUT2D eigenvalue weighted by atomic mass is 10.1. The topological polar surface area (TPSA) is 101 Å². The molecule has 1 heterocycles. The van der Waals surface area contributed by atoms with Gasteiger partial charge in [0.2, 0.25) is 5.91 Å². The van der Waals surface area contributed by atoms with Gasteiger partial charge in [-0.25, -0.2) is 9.07 Å². The molecule has 0 aliphatic carbocycles. The molecular weight excluding hydrogens is 317 g/mol. The van der Waals surface area contributed by atoms with Crippen molar-refractivity contribution in [1.82, 2.24) is 15.1 Å². The lowest BCUT2D eigenvalue weighted by Crippen LogP contribution is -2.34. The van der Waals surface area contributed by atoms with E-state index in [1.165, 1.54) is 24.3 Å². The van der Waals surface area contributed by atoms with Gasteiger partial charge < -0.3 is 10.4 Å². The van der Waals surface area contributed by atoms with E-state index in [-0.39, 0.29) is 30.8 Å². The van der Waals surface area contributed by atoms with Crippen molar-refractivity contribution in [3.8, 4) is 11.3 Å². The Hall–Kier alpha value is -3.03. The number of hydrogen-bond acceptors (Lipinski definition) is 4. The molecule has 2 N–H and O–H groups in total. The maximum Gasteiger partial charge on any atom is 0.303 e. The second kappa shape index (κ2) is 8.00. The van der Waals surface area contributed by atoms with E-state index in [2.05, 4.69) is 10.4 Å². The largest absolute Gasteiger partial charge is 0.481 e. The number of aromatic nitrogens is 2. The van der Waals surface area contributed by atoms with Crippen LogP contribution in [0.1, 0.15) is 12.8 Å². The minimum atomic E-state index is -0.945. The van der Waals surface area contributed by atoms with Gasteiger partial charge in [-0.3, -0.25) is 14.4 Å². The number of carboxylic acid groups (broad SMARTS) is 1. The molecule has 126 valence electrons. The van der Waals surface area contributed by atoms with Crippen molar-refractivity contribution in [2.45, 2.75) is 19.4 Å². The van der Waals surface area contributed by atoms with Gasteiger partial charge in [-0.15, -0.1) is 0 Å². The van der Waals surface area contributed by atoms with Crippen molar-refractivity contribution in [2.75, 3.05) is 6.54 Å². The fourth-order valence-corrected chi connectivity index (χ4v) is 2.03. The summed E-state index contributed by atoms with van der Waals surface area (Å²) in [6.07, 6.45) is 0.236. The Morgan fingerprint density at radius 2 is 1.96 bits per heavy atom. The number of aliphatic carboxylic acids is 1. The van der Waals surface area contributed by atoms with Crippen LogP contribution in [0.5, 0.6) is 0 Å². The zero-order valence-corrected chi connectivity index (χ0v) is 12.7. The molecule has 0 spiro atoms. The number of halogens is 1. The molecule has 2 aromatic rings. The number of carbonyl (C=O) groups is 2. The first-order valence-electron chi connectivity index (χ1n) is 7.29. The highest BCUT2D eigenvalue weighted by Crippen LogP contribution is 2.18. The van der Waals surface area contributed by atoms with Gasteiger partial charge in [0, 0.05) is 24.6 Å². The number of nitrogens with zero attached hydrogens (tertiary/aromatic N) is 2. The van der Waals surface area contributed by atoms with Crippen LogP contribution >= 0.6 is 0 Å². The second-order valence-corrected chi connectivity index (χ2v) is 5.04. The molecule has 0 atom stereocenters. The van der Waals surface area contributed by atoms with Gasteiger partial charge in [-0.2, -0.15) is 5.10 Å². The zero-order valence-electron chi connectivity index (χ0n) is 12.7. The molecular formula is C16H16FN3O4. The molecule has 0 radical (unpaired) electrons. The summed E-state index contributed by atoms with van der Waals surface area (Å²) in [5.41, 5.74) is -0.0183. The molecule has 8 heteroatoms. The molecule has 0 unspecified atom stereocenters. The highest BCUT2D eigenvalue weighted by Gasteiger charge is 2.10. The summed E-state index contributed by atoms with van der Waals surface area (Å²) in [5.74, 6) is -1.89. The molecule has 1 amide bonds. The van der Waals surface area contributed by atoms with E-state index in [4.69, 9.17) is 5.11 Å². The molecule has 24 heavy (non-hydrogen) atoms. The van der Waals surface area contributed by atoms with Gasteiger partial charge in [0.15, 0.2) is 0 Å². The number of benzene rings is 1. The van der Waals surface area contributed by atoms with Gasteiger partial charge in [-0.05, 0) is 24.6 Å². The predicted molar refractivity (Wildman–Crippen MR) is 83.8 cm³/mol. The third-order valence-corrected chi connectivity index (χ3v) is 3.20.